The molecule has 36 heavy (non-hydrogen) atoms. The first-order valence-corrected chi connectivity index (χ1v) is 14.2. The number of carbonyl (C=O) groups is 2. The number of halogens is 2. The van der Waals surface area contributed by atoms with Gasteiger partial charge in [-0.2, -0.15) is 0 Å². The van der Waals surface area contributed by atoms with E-state index in [1.165, 1.54) is 21.3 Å². The molecule has 0 aliphatic carbocycles. The lowest BCUT2D eigenvalue weighted by Gasteiger charge is -2.29. The number of hydrogen-bond donors (Lipinski definition) is 1. The SMILES string of the molecule is CCCCNC(=O)[C@@H](C)N(Cc1ccc(F)cc1)C(=O)CCCN(c1cccc(Cl)c1C)S(C)(=O)=O. The van der Waals surface area contributed by atoms with Gasteiger partial charge in [0, 0.05) is 31.1 Å². The molecule has 2 amide bonds. The van der Waals surface area contributed by atoms with Gasteiger partial charge in [-0.1, -0.05) is 43.1 Å². The van der Waals surface area contributed by atoms with E-state index in [2.05, 4.69) is 5.32 Å². The van der Waals surface area contributed by atoms with Gasteiger partial charge in [-0.3, -0.25) is 13.9 Å². The number of rotatable bonds is 13. The van der Waals surface area contributed by atoms with E-state index in [0.717, 1.165) is 19.1 Å². The van der Waals surface area contributed by atoms with Crippen molar-refractivity contribution in [3.63, 3.8) is 0 Å². The zero-order valence-electron chi connectivity index (χ0n) is 21.3. The van der Waals surface area contributed by atoms with Crippen molar-refractivity contribution < 1.29 is 22.4 Å². The maximum atomic E-state index is 13.4. The molecule has 1 atom stereocenters. The van der Waals surface area contributed by atoms with Crippen LogP contribution in [0.5, 0.6) is 0 Å². The number of unbranched alkanes of at least 4 members (excludes halogenated alkanes) is 1. The van der Waals surface area contributed by atoms with Crippen LogP contribution < -0.4 is 9.62 Å². The van der Waals surface area contributed by atoms with Gasteiger partial charge >= 0.3 is 0 Å². The molecular weight excluding hydrogens is 505 g/mol. The van der Waals surface area contributed by atoms with Crippen molar-refractivity contribution in [2.24, 2.45) is 0 Å². The summed E-state index contributed by atoms with van der Waals surface area (Å²) in [5.41, 5.74) is 1.78. The molecule has 0 saturated carbocycles. The average Bonchev–Trinajstić information content (AvgIpc) is 2.82. The van der Waals surface area contributed by atoms with Crippen molar-refractivity contribution >= 4 is 39.1 Å². The van der Waals surface area contributed by atoms with Gasteiger partial charge in [0.25, 0.3) is 0 Å². The molecule has 2 rings (SSSR count). The lowest BCUT2D eigenvalue weighted by molar-refractivity contribution is -0.140. The fourth-order valence-corrected chi connectivity index (χ4v) is 4.94. The highest BCUT2D eigenvalue weighted by molar-refractivity contribution is 7.92. The summed E-state index contributed by atoms with van der Waals surface area (Å²) in [7, 11) is -3.62. The second kappa shape index (κ2) is 13.6. The Hall–Kier alpha value is -2.65. The first-order valence-electron chi connectivity index (χ1n) is 12.0. The molecular formula is C26H35ClFN3O4S. The normalized spacial score (nSPS) is 12.2. The maximum Gasteiger partial charge on any atom is 0.242 e. The number of sulfonamides is 1. The second-order valence-corrected chi connectivity index (χ2v) is 11.1. The average molecular weight is 540 g/mol. The smallest absolute Gasteiger partial charge is 0.242 e. The summed E-state index contributed by atoms with van der Waals surface area (Å²) in [5.74, 6) is -0.959. The molecule has 0 aromatic heterocycles. The molecule has 2 aromatic rings. The maximum absolute atomic E-state index is 13.4. The first-order chi connectivity index (χ1) is 17.0. The minimum absolute atomic E-state index is 0.0272. The van der Waals surface area contributed by atoms with Gasteiger partial charge in [-0.15, -0.1) is 0 Å². The molecule has 0 radical (unpaired) electrons. The lowest BCUT2D eigenvalue weighted by atomic mass is 10.1. The molecule has 0 heterocycles. The number of benzene rings is 2. The Labute approximate surface area is 218 Å². The highest BCUT2D eigenvalue weighted by Crippen LogP contribution is 2.28. The van der Waals surface area contributed by atoms with E-state index < -0.39 is 16.1 Å². The van der Waals surface area contributed by atoms with Crippen molar-refractivity contribution in [1.29, 1.82) is 0 Å². The Balaban J connectivity index is 2.17. The van der Waals surface area contributed by atoms with Crippen LogP contribution in [0.1, 0.15) is 50.7 Å². The third-order valence-corrected chi connectivity index (χ3v) is 7.51. The Kier molecular flexibility index (Phi) is 11.2. The second-order valence-electron chi connectivity index (χ2n) is 8.79. The largest absolute Gasteiger partial charge is 0.354 e. The predicted octanol–water partition coefficient (Wildman–Crippen LogP) is 4.67. The fourth-order valence-electron chi connectivity index (χ4n) is 3.75. The predicted molar refractivity (Wildman–Crippen MR) is 142 cm³/mol. The highest BCUT2D eigenvalue weighted by Gasteiger charge is 2.27. The van der Waals surface area contributed by atoms with Crippen LogP contribution in [-0.2, 0) is 26.2 Å². The van der Waals surface area contributed by atoms with Crippen molar-refractivity contribution in [1.82, 2.24) is 10.2 Å². The number of carbonyl (C=O) groups excluding carboxylic acids is 2. The van der Waals surface area contributed by atoms with E-state index in [1.54, 1.807) is 44.2 Å². The summed E-state index contributed by atoms with van der Waals surface area (Å²) in [6, 6.07) is 10.0. The summed E-state index contributed by atoms with van der Waals surface area (Å²) in [4.78, 5) is 27.4. The topological polar surface area (TPSA) is 86.8 Å². The van der Waals surface area contributed by atoms with Crippen LogP contribution in [0.2, 0.25) is 5.02 Å². The van der Waals surface area contributed by atoms with E-state index >= 15 is 0 Å². The summed E-state index contributed by atoms with van der Waals surface area (Å²) in [6.07, 6.45) is 3.13. The Morgan fingerprint density at radius 2 is 1.78 bits per heavy atom. The summed E-state index contributed by atoms with van der Waals surface area (Å²) >= 11 is 6.19. The molecule has 0 spiro atoms. The van der Waals surface area contributed by atoms with Gasteiger partial charge in [-0.05, 0) is 62.1 Å². The van der Waals surface area contributed by atoms with Crippen LogP contribution in [0.15, 0.2) is 42.5 Å². The molecule has 0 saturated heterocycles. The number of hydrogen-bond acceptors (Lipinski definition) is 4. The number of amides is 2. The first kappa shape index (κ1) is 29.6. The van der Waals surface area contributed by atoms with Crippen LogP contribution in [-0.4, -0.2) is 50.5 Å². The van der Waals surface area contributed by atoms with Gasteiger partial charge in [0.1, 0.15) is 11.9 Å². The van der Waals surface area contributed by atoms with Crippen molar-refractivity contribution in [2.75, 3.05) is 23.7 Å². The van der Waals surface area contributed by atoms with Crippen LogP contribution >= 0.6 is 11.6 Å². The van der Waals surface area contributed by atoms with E-state index in [4.69, 9.17) is 11.6 Å². The van der Waals surface area contributed by atoms with Crippen LogP contribution in [0.4, 0.5) is 10.1 Å². The van der Waals surface area contributed by atoms with Gasteiger partial charge in [-0.25, -0.2) is 12.8 Å². The third-order valence-electron chi connectivity index (χ3n) is 5.92. The van der Waals surface area contributed by atoms with Crippen LogP contribution in [0.25, 0.3) is 0 Å². The van der Waals surface area contributed by atoms with E-state index in [9.17, 15) is 22.4 Å². The van der Waals surface area contributed by atoms with Gasteiger partial charge in [0.05, 0.1) is 11.9 Å². The quantitative estimate of drug-likeness (QED) is 0.375. The highest BCUT2D eigenvalue weighted by atomic mass is 35.5. The Bertz CT molecular complexity index is 1140. The number of anilines is 1. The fraction of sp³-hybridized carbons (Fsp3) is 0.462. The molecule has 0 fully saturated rings. The van der Waals surface area contributed by atoms with Gasteiger partial charge < -0.3 is 10.2 Å². The van der Waals surface area contributed by atoms with Crippen molar-refractivity contribution in [3.8, 4) is 0 Å². The van der Waals surface area contributed by atoms with Crippen molar-refractivity contribution in [3.05, 3.63) is 64.4 Å². The molecule has 198 valence electrons. The van der Waals surface area contributed by atoms with E-state index in [0.29, 0.717) is 28.4 Å². The van der Waals surface area contributed by atoms with Gasteiger partial charge in [0.15, 0.2) is 0 Å². The van der Waals surface area contributed by atoms with E-state index in [1.807, 2.05) is 6.92 Å². The molecule has 0 aliphatic rings. The third kappa shape index (κ3) is 8.48. The molecule has 10 heteroatoms. The minimum atomic E-state index is -3.62. The lowest BCUT2D eigenvalue weighted by Crippen LogP contribution is -2.48. The molecule has 7 nitrogen and oxygen atoms in total. The number of nitrogens with one attached hydrogen (secondary N) is 1. The number of nitrogens with zero attached hydrogens (tertiary/aromatic N) is 2. The zero-order chi connectivity index (χ0) is 26.9. The molecule has 0 aliphatic heterocycles. The zero-order valence-corrected chi connectivity index (χ0v) is 22.8. The van der Waals surface area contributed by atoms with Gasteiger partial charge in [0.2, 0.25) is 21.8 Å². The summed E-state index contributed by atoms with van der Waals surface area (Å²) in [6.45, 7) is 6.13. The summed E-state index contributed by atoms with van der Waals surface area (Å²) < 4.78 is 39.6. The Morgan fingerprint density at radius 1 is 1.11 bits per heavy atom. The molecule has 0 bridgehead atoms. The van der Waals surface area contributed by atoms with Crippen LogP contribution in [0, 0.1) is 12.7 Å². The van der Waals surface area contributed by atoms with E-state index in [-0.39, 0.29) is 43.6 Å². The molecule has 0 unspecified atom stereocenters. The molecule has 2 aromatic carbocycles. The van der Waals surface area contributed by atoms with Crippen molar-refractivity contribution in [2.45, 2.75) is 59.0 Å². The Morgan fingerprint density at radius 3 is 2.39 bits per heavy atom. The van der Waals surface area contributed by atoms with Crippen LogP contribution in [0.3, 0.4) is 0 Å². The standard InChI is InChI=1S/C26H35ClFN3O4S/c1-5-6-16-29-26(33)20(3)30(18-21-12-14-22(28)15-13-21)25(32)11-8-17-31(36(4,34)35)24-10-7-9-23(27)19(24)2/h7,9-10,12-15,20H,5-6,8,11,16-18H2,1-4H3,(H,29,33)/t20-/m1/s1. The summed E-state index contributed by atoms with van der Waals surface area (Å²) in [5, 5.41) is 3.30. The molecule has 1 N–H and O–H groups in total. The minimum Gasteiger partial charge on any atom is -0.354 e. The monoisotopic (exact) mass is 539 g/mol.